The molecular formula is C14H12Cl2N2O3S. The minimum Gasteiger partial charge on any atom is -0.481 e. The van der Waals surface area contributed by atoms with Gasteiger partial charge in [0.15, 0.2) is 0 Å². The number of carboxylic acid groups (broad SMARTS) is 1. The molecule has 0 aliphatic heterocycles. The molecule has 0 radical (unpaired) electrons. The van der Waals surface area contributed by atoms with Gasteiger partial charge < -0.3 is 10.4 Å². The van der Waals surface area contributed by atoms with Crippen LogP contribution in [0.3, 0.4) is 0 Å². The van der Waals surface area contributed by atoms with E-state index in [1.165, 1.54) is 11.3 Å². The lowest BCUT2D eigenvalue weighted by molar-refractivity contribution is -0.136. The molecule has 1 heterocycles. The molecule has 1 aromatic carbocycles. The molecule has 0 spiro atoms. The van der Waals surface area contributed by atoms with E-state index in [9.17, 15) is 9.59 Å². The molecule has 5 nitrogen and oxygen atoms in total. The molecule has 0 saturated heterocycles. The van der Waals surface area contributed by atoms with Gasteiger partial charge in [-0.25, -0.2) is 4.98 Å². The second kappa shape index (κ2) is 7.58. The SMILES string of the molecule is O=C(O)Cc1csc(CC(=O)NCc2ccc(Cl)c(Cl)c2)n1. The number of carbonyl (C=O) groups excluding carboxylic acids is 1. The number of benzene rings is 1. The van der Waals surface area contributed by atoms with Gasteiger partial charge in [-0.2, -0.15) is 0 Å². The molecule has 8 heteroatoms. The van der Waals surface area contributed by atoms with E-state index in [-0.39, 0.29) is 18.7 Å². The first-order valence-electron chi connectivity index (χ1n) is 6.29. The Morgan fingerprint density at radius 3 is 2.68 bits per heavy atom. The van der Waals surface area contributed by atoms with Gasteiger partial charge in [0.1, 0.15) is 5.01 Å². The zero-order valence-corrected chi connectivity index (χ0v) is 13.6. The van der Waals surface area contributed by atoms with Crippen LogP contribution in [0.4, 0.5) is 0 Å². The zero-order valence-electron chi connectivity index (χ0n) is 11.3. The van der Waals surface area contributed by atoms with Crippen molar-refractivity contribution in [1.82, 2.24) is 10.3 Å². The number of hydrogen-bond donors (Lipinski definition) is 2. The van der Waals surface area contributed by atoms with Crippen molar-refractivity contribution in [3.05, 3.63) is 49.9 Å². The molecule has 0 aliphatic carbocycles. The Labute approximate surface area is 140 Å². The van der Waals surface area contributed by atoms with Crippen LogP contribution in [0, 0.1) is 0 Å². The quantitative estimate of drug-likeness (QED) is 0.831. The molecule has 2 aromatic rings. The largest absolute Gasteiger partial charge is 0.481 e. The first-order chi connectivity index (χ1) is 10.4. The average Bonchev–Trinajstić information content (AvgIpc) is 2.86. The van der Waals surface area contributed by atoms with Gasteiger partial charge in [0, 0.05) is 11.9 Å². The van der Waals surface area contributed by atoms with Gasteiger partial charge in [-0.3, -0.25) is 9.59 Å². The summed E-state index contributed by atoms with van der Waals surface area (Å²) in [6.45, 7) is 0.336. The molecule has 0 fully saturated rings. The number of nitrogens with zero attached hydrogens (tertiary/aromatic N) is 1. The van der Waals surface area contributed by atoms with Crippen LogP contribution in [0.2, 0.25) is 10.0 Å². The third-order valence-corrected chi connectivity index (χ3v) is 4.35. The van der Waals surface area contributed by atoms with E-state index in [1.54, 1.807) is 23.6 Å². The molecular weight excluding hydrogens is 347 g/mol. The molecule has 0 aliphatic rings. The topological polar surface area (TPSA) is 79.3 Å². The minimum absolute atomic E-state index is 0.117. The standard InChI is InChI=1S/C14H12Cl2N2O3S/c15-10-2-1-8(3-11(10)16)6-17-12(19)5-13-18-9(7-22-13)4-14(20)21/h1-3,7H,4-6H2,(H,17,19)(H,20,21). The Bertz CT molecular complexity index is 703. The average molecular weight is 359 g/mol. The number of aromatic nitrogens is 1. The van der Waals surface area contributed by atoms with Crippen molar-refractivity contribution in [2.75, 3.05) is 0 Å². The van der Waals surface area contributed by atoms with E-state index in [4.69, 9.17) is 28.3 Å². The molecule has 1 amide bonds. The number of aliphatic carboxylic acids is 1. The van der Waals surface area contributed by atoms with Gasteiger partial charge in [0.05, 0.1) is 28.6 Å². The zero-order chi connectivity index (χ0) is 16.1. The summed E-state index contributed by atoms with van der Waals surface area (Å²) in [7, 11) is 0. The molecule has 0 unspecified atom stereocenters. The second-order valence-corrected chi connectivity index (χ2v) is 6.26. The van der Waals surface area contributed by atoms with Gasteiger partial charge in [0.25, 0.3) is 0 Å². The summed E-state index contributed by atoms with van der Waals surface area (Å²) in [6.07, 6.45) is -0.0208. The van der Waals surface area contributed by atoms with Crippen LogP contribution in [0.5, 0.6) is 0 Å². The van der Waals surface area contributed by atoms with Crippen LogP contribution in [-0.2, 0) is 29.0 Å². The summed E-state index contributed by atoms with van der Waals surface area (Å²) >= 11 is 13.0. The first kappa shape index (κ1) is 16.7. The minimum atomic E-state index is -0.944. The Kier molecular flexibility index (Phi) is 5.76. The van der Waals surface area contributed by atoms with Gasteiger partial charge in [0.2, 0.25) is 5.91 Å². The number of rotatable bonds is 6. The van der Waals surface area contributed by atoms with Crippen LogP contribution in [0.25, 0.3) is 0 Å². The second-order valence-electron chi connectivity index (χ2n) is 4.51. The predicted octanol–water partition coefficient (Wildman–Crippen LogP) is 2.94. The molecule has 2 N–H and O–H groups in total. The summed E-state index contributed by atoms with van der Waals surface area (Å²) in [5.74, 6) is -1.14. The molecule has 0 atom stereocenters. The maximum atomic E-state index is 11.8. The maximum Gasteiger partial charge on any atom is 0.309 e. The van der Waals surface area contributed by atoms with Crippen LogP contribution < -0.4 is 5.32 Å². The van der Waals surface area contributed by atoms with Crippen molar-refractivity contribution in [3.63, 3.8) is 0 Å². The van der Waals surface area contributed by atoms with Gasteiger partial charge in [-0.1, -0.05) is 29.3 Å². The molecule has 1 aromatic heterocycles. The molecule has 22 heavy (non-hydrogen) atoms. The lowest BCUT2D eigenvalue weighted by Gasteiger charge is -2.05. The smallest absolute Gasteiger partial charge is 0.309 e. The van der Waals surface area contributed by atoms with Gasteiger partial charge in [-0.05, 0) is 17.7 Å². The Morgan fingerprint density at radius 2 is 2.00 bits per heavy atom. The highest BCUT2D eigenvalue weighted by molar-refractivity contribution is 7.09. The molecule has 0 bridgehead atoms. The lowest BCUT2D eigenvalue weighted by Crippen LogP contribution is -2.24. The van der Waals surface area contributed by atoms with Crippen LogP contribution in [-0.4, -0.2) is 22.0 Å². The summed E-state index contributed by atoms with van der Waals surface area (Å²) in [4.78, 5) is 26.5. The number of thiazole rings is 1. The Balaban J connectivity index is 1.86. The summed E-state index contributed by atoms with van der Waals surface area (Å²) in [6, 6.07) is 5.14. The fourth-order valence-electron chi connectivity index (χ4n) is 1.72. The predicted molar refractivity (Wildman–Crippen MR) is 85.5 cm³/mol. The van der Waals surface area contributed by atoms with Crippen LogP contribution in [0.15, 0.2) is 23.6 Å². The highest BCUT2D eigenvalue weighted by Gasteiger charge is 2.10. The number of carbonyl (C=O) groups is 2. The van der Waals surface area contributed by atoms with Gasteiger partial charge >= 0.3 is 5.97 Å². The van der Waals surface area contributed by atoms with Crippen molar-refractivity contribution in [2.45, 2.75) is 19.4 Å². The van der Waals surface area contributed by atoms with Crippen molar-refractivity contribution < 1.29 is 14.7 Å². The van der Waals surface area contributed by atoms with E-state index in [0.717, 1.165) is 5.56 Å². The molecule has 116 valence electrons. The van der Waals surface area contributed by atoms with Crippen molar-refractivity contribution >= 4 is 46.4 Å². The number of carboxylic acids is 1. The van der Waals surface area contributed by atoms with E-state index in [0.29, 0.717) is 27.3 Å². The number of halogens is 2. The van der Waals surface area contributed by atoms with Crippen molar-refractivity contribution in [2.24, 2.45) is 0 Å². The van der Waals surface area contributed by atoms with E-state index in [2.05, 4.69) is 10.3 Å². The van der Waals surface area contributed by atoms with Gasteiger partial charge in [-0.15, -0.1) is 11.3 Å². The first-order valence-corrected chi connectivity index (χ1v) is 7.93. The third-order valence-electron chi connectivity index (χ3n) is 2.72. The maximum absolute atomic E-state index is 11.8. The molecule has 0 saturated carbocycles. The monoisotopic (exact) mass is 358 g/mol. The Morgan fingerprint density at radius 1 is 1.23 bits per heavy atom. The lowest BCUT2D eigenvalue weighted by atomic mass is 10.2. The summed E-state index contributed by atoms with van der Waals surface area (Å²) in [5.41, 5.74) is 1.30. The van der Waals surface area contributed by atoms with Crippen LogP contribution in [0.1, 0.15) is 16.3 Å². The van der Waals surface area contributed by atoms with E-state index < -0.39 is 5.97 Å². The third kappa shape index (κ3) is 4.98. The van der Waals surface area contributed by atoms with Crippen molar-refractivity contribution in [3.8, 4) is 0 Å². The highest BCUT2D eigenvalue weighted by Crippen LogP contribution is 2.22. The fraction of sp³-hybridized carbons (Fsp3) is 0.214. The number of hydrogen-bond acceptors (Lipinski definition) is 4. The Hall–Kier alpha value is -1.63. The summed E-state index contributed by atoms with van der Waals surface area (Å²) < 4.78 is 0. The van der Waals surface area contributed by atoms with E-state index >= 15 is 0 Å². The highest BCUT2D eigenvalue weighted by atomic mass is 35.5. The normalized spacial score (nSPS) is 10.5. The van der Waals surface area contributed by atoms with E-state index in [1.807, 2.05) is 0 Å². The summed E-state index contributed by atoms with van der Waals surface area (Å²) in [5, 5.41) is 14.6. The van der Waals surface area contributed by atoms with Crippen LogP contribution >= 0.6 is 34.5 Å². The number of amides is 1. The molecule has 2 rings (SSSR count). The fourth-order valence-corrected chi connectivity index (χ4v) is 2.83. The van der Waals surface area contributed by atoms with Crippen molar-refractivity contribution in [1.29, 1.82) is 0 Å². The number of nitrogens with one attached hydrogen (secondary N) is 1.